The lowest BCUT2D eigenvalue weighted by atomic mass is 10.0. The molecule has 1 unspecified atom stereocenters. The first-order valence-corrected chi connectivity index (χ1v) is 10.5. The number of pyridine rings is 1. The van der Waals surface area contributed by atoms with Crippen LogP contribution in [0.15, 0.2) is 29.2 Å². The maximum atomic E-state index is 12.5. The predicted molar refractivity (Wildman–Crippen MR) is 121 cm³/mol. The molecule has 0 spiro atoms. The van der Waals surface area contributed by atoms with Crippen LogP contribution in [0.4, 0.5) is 5.69 Å². The zero-order valence-electron chi connectivity index (χ0n) is 18.0. The summed E-state index contributed by atoms with van der Waals surface area (Å²) in [5.41, 5.74) is -1.87. The van der Waals surface area contributed by atoms with E-state index < -0.39 is 52.3 Å². The number of aromatic nitrogens is 1. The molecule has 1 aromatic carbocycles. The van der Waals surface area contributed by atoms with Gasteiger partial charge in [0.25, 0.3) is 5.91 Å². The fourth-order valence-electron chi connectivity index (χ4n) is 2.93. The van der Waals surface area contributed by atoms with Gasteiger partial charge in [-0.15, -0.1) is 0 Å². The number of ether oxygens (including phenoxy) is 1. The third-order valence-electron chi connectivity index (χ3n) is 4.48. The molecule has 2 amide bonds. The van der Waals surface area contributed by atoms with Gasteiger partial charge in [0.2, 0.25) is 5.91 Å². The van der Waals surface area contributed by atoms with E-state index in [0.29, 0.717) is 0 Å². The molecule has 12 nitrogen and oxygen atoms in total. The number of hydrogen-bond donors (Lipinski definition) is 3. The Bertz CT molecular complexity index is 1200. The van der Waals surface area contributed by atoms with E-state index in [1.165, 1.54) is 19.2 Å². The Kier molecular flexibility index (Phi) is 8.98. The maximum Gasteiger partial charge on any atom is 0.334 e. The minimum absolute atomic E-state index is 0.0545. The summed E-state index contributed by atoms with van der Waals surface area (Å²) in [6, 6.07) is 2.29. The van der Waals surface area contributed by atoms with Crippen molar-refractivity contribution in [3.05, 3.63) is 66.0 Å². The summed E-state index contributed by atoms with van der Waals surface area (Å²) < 4.78 is 5.76. The topological polar surface area (TPSA) is 170 Å². The molecule has 2 aromatic rings. The summed E-state index contributed by atoms with van der Waals surface area (Å²) in [4.78, 5) is 58.7. The number of carbonyl (C=O) groups excluding carboxylic acids is 3. The van der Waals surface area contributed by atoms with E-state index in [1.807, 2.05) is 0 Å². The van der Waals surface area contributed by atoms with Crippen molar-refractivity contribution in [3.8, 4) is 5.75 Å². The first-order chi connectivity index (χ1) is 15.9. The van der Waals surface area contributed by atoms with Crippen molar-refractivity contribution in [3.63, 3.8) is 0 Å². The normalized spacial score (nSPS) is 11.4. The second-order valence-corrected chi connectivity index (χ2v) is 7.77. The number of nitro groups is 1. The average molecular weight is 515 g/mol. The van der Waals surface area contributed by atoms with Crippen LogP contribution in [-0.4, -0.2) is 45.5 Å². The van der Waals surface area contributed by atoms with Crippen LogP contribution < -0.4 is 16.2 Å². The third kappa shape index (κ3) is 6.68. The summed E-state index contributed by atoms with van der Waals surface area (Å²) >= 11 is 11.9. The number of aryl methyl sites for hydroxylation is 1. The van der Waals surface area contributed by atoms with Gasteiger partial charge in [0.1, 0.15) is 5.75 Å². The van der Waals surface area contributed by atoms with Crippen LogP contribution in [0.25, 0.3) is 0 Å². The van der Waals surface area contributed by atoms with Crippen molar-refractivity contribution < 1.29 is 29.2 Å². The van der Waals surface area contributed by atoms with Crippen molar-refractivity contribution in [1.29, 1.82) is 0 Å². The lowest BCUT2D eigenvalue weighted by molar-refractivity contribution is -0.386. The van der Waals surface area contributed by atoms with Crippen molar-refractivity contribution in [2.24, 2.45) is 7.05 Å². The average Bonchev–Trinajstić information content (AvgIpc) is 2.75. The Morgan fingerprint density at radius 2 is 1.94 bits per heavy atom. The van der Waals surface area contributed by atoms with Gasteiger partial charge in [0, 0.05) is 29.9 Å². The van der Waals surface area contributed by atoms with Crippen LogP contribution in [0.5, 0.6) is 5.75 Å². The molecule has 0 fully saturated rings. The quantitative estimate of drug-likeness (QED) is 0.258. The number of phenols is 1. The standard InChI is InChI=1S/C20H20Cl2N4O8/c1-3-34-17(28)7-14(12-5-11(21)6-13(22)18(12)29)24-16(27)8-23-19(30)10-4-15(26(32)33)20(31)25(2)9-10/h4-6,9,14,29H,3,7-8H2,1-2H3,(H,23,30)(H,24,27). The van der Waals surface area contributed by atoms with Gasteiger partial charge in [-0.1, -0.05) is 23.2 Å². The molecule has 1 heterocycles. The van der Waals surface area contributed by atoms with Crippen LogP contribution in [-0.2, 0) is 21.4 Å². The Labute approximate surface area is 202 Å². The Hall–Kier alpha value is -3.64. The minimum atomic E-state index is -1.10. The molecule has 0 aliphatic carbocycles. The number of nitrogens with one attached hydrogen (secondary N) is 2. The lowest BCUT2D eigenvalue weighted by Crippen LogP contribution is -2.39. The van der Waals surface area contributed by atoms with Crippen molar-refractivity contribution >= 4 is 46.7 Å². The van der Waals surface area contributed by atoms with Gasteiger partial charge in [-0.05, 0) is 19.1 Å². The zero-order chi connectivity index (χ0) is 25.6. The number of nitrogens with zero attached hydrogens (tertiary/aromatic N) is 2. The lowest BCUT2D eigenvalue weighted by Gasteiger charge is -2.20. The van der Waals surface area contributed by atoms with Crippen molar-refractivity contribution in [2.75, 3.05) is 13.2 Å². The fraction of sp³-hybridized carbons (Fsp3) is 0.300. The number of halogens is 2. The molecule has 0 radical (unpaired) electrons. The Morgan fingerprint density at radius 1 is 1.26 bits per heavy atom. The highest BCUT2D eigenvalue weighted by atomic mass is 35.5. The molecule has 0 aliphatic heterocycles. The molecule has 2 rings (SSSR count). The third-order valence-corrected chi connectivity index (χ3v) is 4.98. The molecule has 0 bridgehead atoms. The molecule has 182 valence electrons. The Morgan fingerprint density at radius 3 is 2.56 bits per heavy atom. The van der Waals surface area contributed by atoms with Crippen LogP contribution in [0.1, 0.15) is 35.3 Å². The molecule has 0 aliphatic rings. The minimum Gasteiger partial charge on any atom is -0.506 e. The van der Waals surface area contributed by atoms with Gasteiger partial charge in [0.05, 0.1) is 41.1 Å². The second kappa shape index (κ2) is 11.5. The SMILES string of the molecule is CCOC(=O)CC(NC(=O)CNC(=O)c1cc([N+](=O)[O-])c(=O)n(C)c1)c1cc(Cl)cc(Cl)c1O. The number of phenolic OH excluding ortho intramolecular Hbond substituents is 1. The second-order valence-electron chi connectivity index (χ2n) is 6.92. The number of amides is 2. The number of hydrogen-bond acceptors (Lipinski definition) is 8. The summed E-state index contributed by atoms with van der Waals surface area (Å²) in [7, 11) is 1.24. The van der Waals surface area contributed by atoms with Crippen molar-refractivity contribution in [2.45, 2.75) is 19.4 Å². The van der Waals surface area contributed by atoms with E-state index in [2.05, 4.69) is 10.6 Å². The van der Waals surface area contributed by atoms with Crippen molar-refractivity contribution in [1.82, 2.24) is 15.2 Å². The monoisotopic (exact) mass is 514 g/mol. The summed E-state index contributed by atoms with van der Waals surface area (Å²) in [6.45, 7) is 1.09. The smallest absolute Gasteiger partial charge is 0.334 e. The highest BCUT2D eigenvalue weighted by Crippen LogP contribution is 2.36. The van der Waals surface area contributed by atoms with E-state index in [4.69, 9.17) is 27.9 Å². The zero-order valence-corrected chi connectivity index (χ0v) is 19.5. The molecule has 34 heavy (non-hydrogen) atoms. The first kappa shape index (κ1) is 26.6. The predicted octanol–water partition coefficient (Wildman–Crippen LogP) is 1.85. The molecule has 0 saturated heterocycles. The van der Waals surface area contributed by atoms with Gasteiger partial charge < -0.3 is 25.0 Å². The molecule has 3 N–H and O–H groups in total. The fourth-order valence-corrected chi connectivity index (χ4v) is 3.44. The van der Waals surface area contributed by atoms with E-state index in [0.717, 1.165) is 16.8 Å². The molecule has 1 atom stereocenters. The molecule has 14 heteroatoms. The van der Waals surface area contributed by atoms with Crippen LogP contribution in [0, 0.1) is 10.1 Å². The molecular weight excluding hydrogens is 495 g/mol. The van der Waals surface area contributed by atoms with Gasteiger partial charge in [0.15, 0.2) is 0 Å². The maximum absolute atomic E-state index is 12.5. The van der Waals surface area contributed by atoms with Gasteiger partial charge in [-0.25, -0.2) is 0 Å². The van der Waals surface area contributed by atoms with E-state index in [9.17, 15) is 34.4 Å². The number of rotatable bonds is 9. The van der Waals surface area contributed by atoms with Crippen LogP contribution in [0.3, 0.4) is 0 Å². The van der Waals surface area contributed by atoms with Gasteiger partial charge in [-0.3, -0.25) is 29.3 Å². The van der Waals surface area contributed by atoms with Crippen LogP contribution >= 0.6 is 23.2 Å². The number of benzene rings is 1. The largest absolute Gasteiger partial charge is 0.506 e. The van der Waals surface area contributed by atoms with Gasteiger partial charge >= 0.3 is 17.2 Å². The summed E-state index contributed by atoms with van der Waals surface area (Å²) in [5.74, 6) is -2.70. The number of aromatic hydroxyl groups is 1. The molecule has 0 saturated carbocycles. The first-order valence-electron chi connectivity index (χ1n) is 9.70. The molecular formula is C20H20Cl2N4O8. The number of carbonyl (C=O) groups is 3. The van der Waals surface area contributed by atoms with Crippen LogP contribution in [0.2, 0.25) is 10.0 Å². The number of esters is 1. The van der Waals surface area contributed by atoms with E-state index in [-0.39, 0.29) is 34.2 Å². The van der Waals surface area contributed by atoms with E-state index >= 15 is 0 Å². The summed E-state index contributed by atoms with van der Waals surface area (Å²) in [6.07, 6.45) is 0.711. The Balaban J connectivity index is 2.19. The highest BCUT2D eigenvalue weighted by molar-refractivity contribution is 6.35. The van der Waals surface area contributed by atoms with E-state index in [1.54, 1.807) is 6.92 Å². The van der Waals surface area contributed by atoms with Gasteiger partial charge in [-0.2, -0.15) is 0 Å². The highest BCUT2D eigenvalue weighted by Gasteiger charge is 2.25. The summed E-state index contributed by atoms with van der Waals surface area (Å²) in [5, 5.41) is 26.1. The molecule has 1 aromatic heterocycles.